The number of carbonyl (C=O) groups is 2. The van der Waals surface area contributed by atoms with Crippen molar-refractivity contribution in [2.45, 2.75) is 0 Å². The number of fused-ring (bicyclic) bond motifs is 1. The Kier molecular flexibility index (Phi) is 3.51. The molecule has 0 N–H and O–H groups in total. The minimum Gasteiger partial charge on any atom is -0.465 e. The van der Waals surface area contributed by atoms with Gasteiger partial charge in [-0.3, -0.25) is 4.79 Å². The van der Waals surface area contributed by atoms with Crippen LogP contribution in [0.2, 0.25) is 0 Å². The maximum absolute atomic E-state index is 12.7. The van der Waals surface area contributed by atoms with E-state index in [9.17, 15) is 9.59 Å². The summed E-state index contributed by atoms with van der Waals surface area (Å²) in [5.74, 6) is -0.487. The van der Waals surface area contributed by atoms with Crippen molar-refractivity contribution in [2.24, 2.45) is 7.05 Å². The van der Waals surface area contributed by atoms with Crippen molar-refractivity contribution in [3.8, 4) is 0 Å². The molecule has 0 atom stereocenters. The van der Waals surface area contributed by atoms with E-state index in [1.165, 1.54) is 7.11 Å². The predicted molar refractivity (Wildman–Crippen MR) is 84.1 cm³/mol. The number of ether oxygens (including phenoxy) is 1. The second-order valence-corrected chi connectivity index (χ2v) is 5.05. The van der Waals surface area contributed by atoms with Crippen molar-refractivity contribution in [3.63, 3.8) is 0 Å². The predicted octanol–water partition coefficient (Wildman–Crippen LogP) is 3.20. The van der Waals surface area contributed by atoms with Gasteiger partial charge in [-0.05, 0) is 24.3 Å². The van der Waals surface area contributed by atoms with Crippen LogP contribution in [0.4, 0.5) is 0 Å². The molecule has 3 rings (SSSR count). The maximum Gasteiger partial charge on any atom is 0.337 e. The van der Waals surface area contributed by atoms with E-state index in [-0.39, 0.29) is 5.78 Å². The summed E-state index contributed by atoms with van der Waals surface area (Å²) < 4.78 is 6.53. The fraction of sp³-hybridized carbons (Fsp3) is 0.111. The van der Waals surface area contributed by atoms with Crippen LogP contribution in [0.5, 0.6) is 0 Å². The molecular formula is C18H15NO3. The highest BCUT2D eigenvalue weighted by Crippen LogP contribution is 2.21. The first-order valence-corrected chi connectivity index (χ1v) is 6.89. The van der Waals surface area contributed by atoms with Crippen molar-refractivity contribution in [3.05, 3.63) is 71.4 Å². The van der Waals surface area contributed by atoms with Crippen LogP contribution in [0, 0.1) is 0 Å². The average Bonchev–Trinajstić information content (AvgIpc) is 2.91. The third-order valence-electron chi connectivity index (χ3n) is 3.75. The molecule has 0 spiro atoms. The Morgan fingerprint density at radius 3 is 2.23 bits per heavy atom. The third-order valence-corrected chi connectivity index (χ3v) is 3.75. The number of ketones is 1. The summed E-state index contributed by atoms with van der Waals surface area (Å²) in [6.07, 6.45) is 0. The molecular weight excluding hydrogens is 278 g/mol. The number of benzene rings is 2. The Hall–Kier alpha value is -2.88. The van der Waals surface area contributed by atoms with E-state index in [4.69, 9.17) is 0 Å². The van der Waals surface area contributed by atoms with E-state index < -0.39 is 5.97 Å². The van der Waals surface area contributed by atoms with Crippen molar-refractivity contribution in [1.82, 2.24) is 4.57 Å². The molecule has 4 nitrogen and oxygen atoms in total. The lowest BCUT2D eigenvalue weighted by atomic mass is 10.1. The van der Waals surface area contributed by atoms with Gasteiger partial charge in [0.1, 0.15) is 0 Å². The standard InChI is InChI=1S/C18H15NO3/c1-19-15-6-4-3-5-14(15)11-16(19)17(20)12-7-9-13(10-8-12)18(21)22-2/h3-11H,1-2H3. The monoisotopic (exact) mass is 293 g/mol. The van der Waals surface area contributed by atoms with Gasteiger partial charge in [0.05, 0.1) is 18.4 Å². The number of hydrogen-bond acceptors (Lipinski definition) is 3. The summed E-state index contributed by atoms with van der Waals surface area (Å²) in [7, 11) is 3.20. The number of nitrogens with zero attached hydrogens (tertiary/aromatic N) is 1. The highest BCUT2D eigenvalue weighted by Gasteiger charge is 2.15. The zero-order valence-electron chi connectivity index (χ0n) is 12.4. The lowest BCUT2D eigenvalue weighted by molar-refractivity contribution is 0.0600. The van der Waals surface area contributed by atoms with Gasteiger partial charge in [0.2, 0.25) is 5.78 Å². The van der Waals surface area contributed by atoms with Crippen LogP contribution in [0.3, 0.4) is 0 Å². The summed E-state index contributed by atoms with van der Waals surface area (Å²) in [4.78, 5) is 24.1. The van der Waals surface area contributed by atoms with Gasteiger partial charge in [-0.25, -0.2) is 4.79 Å². The molecule has 0 unspecified atom stereocenters. The largest absolute Gasteiger partial charge is 0.465 e. The summed E-state index contributed by atoms with van der Waals surface area (Å²) in [5.41, 5.74) is 2.60. The van der Waals surface area contributed by atoms with Gasteiger partial charge in [0, 0.05) is 23.5 Å². The fourth-order valence-corrected chi connectivity index (χ4v) is 2.53. The second kappa shape index (κ2) is 5.48. The number of methoxy groups -OCH3 is 1. The fourth-order valence-electron chi connectivity index (χ4n) is 2.53. The van der Waals surface area contributed by atoms with E-state index in [1.807, 2.05) is 41.9 Å². The molecule has 110 valence electrons. The molecule has 0 fully saturated rings. The quantitative estimate of drug-likeness (QED) is 0.550. The zero-order chi connectivity index (χ0) is 15.7. The highest BCUT2D eigenvalue weighted by atomic mass is 16.5. The van der Waals surface area contributed by atoms with Crippen LogP contribution in [-0.2, 0) is 11.8 Å². The minimum atomic E-state index is -0.413. The first kappa shape index (κ1) is 14.1. The van der Waals surface area contributed by atoms with Gasteiger partial charge in [0.25, 0.3) is 0 Å². The number of para-hydroxylation sites is 1. The lowest BCUT2D eigenvalue weighted by Crippen LogP contribution is -2.08. The van der Waals surface area contributed by atoms with Crippen molar-refractivity contribution >= 4 is 22.7 Å². The highest BCUT2D eigenvalue weighted by molar-refractivity contribution is 6.10. The van der Waals surface area contributed by atoms with Gasteiger partial charge in [-0.2, -0.15) is 0 Å². The smallest absolute Gasteiger partial charge is 0.337 e. The summed E-state index contributed by atoms with van der Waals surface area (Å²) in [6, 6.07) is 16.2. The zero-order valence-corrected chi connectivity index (χ0v) is 12.4. The second-order valence-electron chi connectivity index (χ2n) is 5.05. The molecule has 0 aliphatic carbocycles. The molecule has 1 heterocycles. The summed E-state index contributed by atoms with van der Waals surface area (Å²) in [6.45, 7) is 0. The lowest BCUT2D eigenvalue weighted by Gasteiger charge is -2.05. The SMILES string of the molecule is COC(=O)c1ccc(C(=O)c2cc3ccccc3n2C)cc1. The van der Waals surface area contributed by atoms with Gasteiger partial charge in [0.15, 0.2) is 0 Å². The van der Waals surface area contributed by atoms with Crippen LogP contribution in [0.15, 0.2) is 54.6 Å². The summed E-state index contributed by atoms with van der Waals surface area (Å²) in [5, 5.41) is 1.03. The van der Waals surface area contributed by atoms with Crippen LogP contribution in [0.1, 0.15) is 26.4 Å². The molecule has 0 aliphatic rings. The molecule has 0 saturated carbocycles. The topological polar surface area (TPSA) is 48.3 Å². The molecule has 0 aliphatic heterocycles. The Labute approximate surface area is 127 Å². The van der Waals surface area contributed by atoms with Crippen LogP contribution in [-0.4, -0.2) is 23.4 Å². The first-order chi connectivity index (χ1) is 10.6. The van der Waals surface area contributed by atoms with Crippen molar-refractivity contribution in [2.75, 3.05) is 7.11 Å². The Balaban J connectivity index is 1.99. The van der Waals surface area contributed by atoms with Gasteiger partial charge in [-0.1, -0.05) is 30.3 Å². The molecule has 3 aromatic rings. The molecule has 0 bridgehead atoms. The molecule has 0 radical (unpaired) electrons. The molecule has 22 heavy (non-hydrogen) atoms. The number of hydrogen-bond donors (Lipinski definition) is 0. The Morgan fingerprint density at radius 1 is 0.955 bits per heavy atom. The Bertz CT molecular complexity index is 860. The van der Waals surface area contributed by atoms with Crippen molar-refractivity contribution < 1.29 is 14.3 Å². The number of rotatable bonds is 3. The molecule has 2 aromatic carbocycles. The van der Waals surface area contributed by atoms with E-state index in [0.29, 0.717) is 16.8 Å². The molecule has 0 amide bonds. The average molecular weight is 293 g/mol. The first-order valence-electron chi connectivity index (χ1n) is 6.89. The molecule has 4 heteroatoms. The summed E-state index contributed by atoms with van der Waals surface area (Å²) >= 11 is 0. The van der Waals surface area contributed by atoms with Crippen LogP contribution >= 0.6 is 0 Å². The van der Waals surface area contributed by atoms with Crippen LogP contribution in [0.25, 0.3) is 10.9 Å². The number of esters is 1. The molecule has 1 aromatic heterocycles. The molecule has 0 saturated heterocycles. The van der Waals surface area contributed by atoms with E-state index in [0.717, 1.165) is 10.9 Å². The third kappa shape index (κ3) is 2.29. The maximum atomic E-state index is 12.7. The van der Waals surface area contributed by atoms with Crippen molar-refractivity contribution in [1.29, 1.82) is 0 Å². The number of aromatic nitrogens is 1. The minimum absolute atomic E-state index is 0.0740. The number of aryl methyl sites for hydroxylation is 1. The van der Waals surface area contributed by atoms with E-state index in [2.05, 4.69) is 4.74 Å². The van der Waals surface area contributed by atoms with Gasteiger partial charge < -0.3 is 9.30 Å². The van der Waals surface area contributed by atoms with E-state index in [1.54, 1.807) is 24.3 Å². The van der Waals surface area contributed by atoms with Crippen LogP contribution < -0.4 is 0 Å². The van der Waals surface area contributed by atoms with Gasteiger partial charge in [-0.15, -0.1) is 0 Å². The van der Waals surface area contributed by atoms with Gasteiger partial charge >= 0.3 is 5.97 Å². The normalized spacial score (nSPS) is 10.6. The van der Waals surface area contributed by atoms with E-state index >= 15 is 0 Å². The Morgan fingerprint density at radius 2 is 1.59 bits per heavy atom. The number of carbonyl (C=O) groups excluding carboxylic acids is 2.